The van der Waals surface area contributed by atoms with Gasteiger partial charge in [-0.3, -0.25) is 0 Å². The lowest BCUT2D eigenvalue weighted by Crippen LogP contribution is -2.32. The third-order valence-corrected chi connectivity index (χ3v) is 4.69. The number of methoxy groups -OCH3 is 1. The van der Waals surface area contributed by atoms with E-state index in [1.807, 2.05) is 6.92 Å². The summed E-state index contributed by atoms with van der Waals surface area (Å²) < 4.78 is 4.93. The maximum atomic E-state index is 7.62. The molecular formula is C6H15Cl3O3Si. The first-order chi connectivity index (χ1) is 5.93. The molecule has 0 amide bonds. The number of halogens is 3. The number of hydrogen-bond donors (Lipinski definition) is 2. The molecule has 0 aliphatic rings. The lowest BCUT2D eigenvalue weighted by molar-refractivity contribution is 0.160. The number of rotatable bonds is 4. The van der Waals surface area contributed by atoms with E-state index in [4.69, 9.17) is 48.2 Å². The Labute approximate surface area is 93.7 Å². The van der Waals surface area contributed by atoms with E-state index < -0.39 is 6.00 Å². The Kier molecular flexibility index (Phi) is 12.0. The van der Waals surface area contributed by atoms with Crippen molar-refractivity contribution in [3.8, 4) is 0 Å². The molecule has 0 spiro atoms. The maximum absolute atomic E-state index is 7.62. The fourth-order valence-electron chi connectivity index (χ4n) is 0.532. The minimum Gasteiger partial charge on any atom is -0.394 e. The standard InChI is InChI=1S/C4H9Cl3OSi.C2H6O2/c1-3-4(8-2)9(5,6)7;3-1-2-4/h4H,3H2,1-2H3;3-4H,1-2H2. The first-order valence-corrected chi connectivity index (χ1v) is 8.86. The summed E-state index contributed by atoms with van der Waals surface area (Å²) in [7, 11) is 1.56. The van der Waals surface area contributed by atoms with Gasteiger partial charge in [-0.1, -0.05) is 6.92 Å². The minimum absolute atomic E-state index is 0.125. The average molecular weight is 270 g/mol. The van der Waals surface area contributed by atoms with Crippen LogP contribution < -0.4 is 0 Å². The van der Waals surface area contributed by atoms with Gasteiger partial charge < -0.3 is 14.9 Å². The van der Waals surface area contributed by atoms with Gasteiger partial charge in [0.05, 0.1) is 18.9 Å². The van der Waals surface area contributed by atoms with Crippen molar-refractivity contribution < 1.29 is 14.9 Å². The normalized spacial score (nSPS) is 13.2. The molecule has 0 saturated heterocycles. The van der Waals surface area contributed by atoms with Gasteiger partial charge in [0.2, 0.25) is 0 Å². The molecule has 0 rings (SSSR count). The van der Waals surface area contributed by atoms with Gasteiger partial charge in [-0.25, -0.2) is 0 Å². The van der Waals surface area contributed by atoms with Gasteiger partial charge in [-0.05, 0) is 6.42 Å². The molecule has 1 atom stereocenters. The summed E-state index contributed by atoms with van der Waals surface area (Å²) in [6.45, 7) is 1.68. The lowest BCUT2D eigenvalue weighted by Gasteiger charge is -2.17. The number of hydrogen-bond acceptors (Lipinski definition) is 3. The molecule has 0 heterocycles. The van der Waals surface area contributed by atoms with Crippen LogP contribution in [-0.4, -0.2) is 42.3 Å². The molecule has 0 saturated carbocycles. The Morgan fingerprint density at radius 1 is 1.23 bits per heavy atom. The van der Waals surface area contributed by atoms with Gasteiger partial charge in [0.15, 0.2) is 0 Å². The molecule has 0 aliphatic heterocycles. The quantitative estimate of drug-likeness (QED) is 0.602. The Balaban J connectivity index is 0. The molecule has 0 aromatic rings. The van der Waals surface area contributed by atoms with Crippen LogP contribution in [0.4, 0.5) is 0 Å². The molecule has 3 nitrogen and oxygen atoms in total. The van der Waals surface area contributed by atoms with Crippen LogP contribution >= 0.6 is 33.2 Å². The Morgan fingerprint density at radius 2 is 1.62 bits per heavy atom. The van der Waals surface area contributed by atoms with E-state index in [0.717, 1.165) is 6.42 Å². The van der Waals surface area contributed by atoms with Crippen LogP contribution in [0.1, 0.15) is 13.3 Å². The molecule has 7 heteroatoms. The van der Waals surface area contributed by atoms with Crippen molar-refractivity contribution in [2.75, 3.05) is 20.3 Å². The summed E-state index contributed by atoms with van der Waals surface area (Å²) in [6.07, 6.45) is 0.763. The highest BCUT2D eigenvalue weighted by atomic mass is 35.8. The predicted molar refractivity (Wildman–Crippen MR) is 58.6 cm³/mol. The zero-order chi connectivity index (χ0) is 10.9. The SMILES string of the molecule is CCC(OC)[Si](Cl)(Cl)Cl.OCCO. The molecule has 0 aromatic carbocycles. The third kappa shape index (κ3) is 10.9. The first kappa shape index (κ1) is 16.4. The Morgan fingerprint density at radius 3 is 1.62 bits per heavy atom. The zero-order valence-corrected chi connectivity index (χ0v) is 10.9. The summed E-state index contributed by atoms with van der Waals surface area (Å²) in [5.41, 5.74) is -0.164. The highest BCUT2D eigenvalue weighted by molar-refractivity contribution is 7.65. The molecule has 2 N–H and O–H groups in total. The fourth-order valence-corrected chi connectivity index (χ4v) is 3.45. The van der Waals surface area contributed by atoms with Gasteiger partial charge in [0, 0.05) is 7.11 Å². The van der Waals surface area contributed by atoms with Crippen molar-refractivity contribution in [2.45, 2.75) is 19.1 Å². The first-order valence-electron chi connectivity index (χ1n) is 3.75. The van der Waals surface area contributed by atoms with Crippen molar-refractivity contribution in [2.24, 2.45) is 0 Å². The molecule has 1 unspecified atom stereocenters. The number of aliphatic hydroxyl groups is 2. The predicted octanol–water partition coefficient (Wildman–Crippen LogP) is 1.58. The van der Waals surface area contributed by atoms with Crippen LogP contribution in [0.3, 0.4) is 0 Å². The molecule has 0 fully saturated rings. The van der Waals surface area contributed by atoms with Crippen LogP contribution in [0.25, 0.3) is 0 Å². The number of aliphatic hydroxyl groups excluding tert-OH is 2. The van der Waals surface area contributed by atoms with Crippen LogP contribution in [-0.2, 0) is 4.74 Å². The lowest BCUT2D eigenvalue weighted by atomic mass is 10.5. The zero-order valence-electron chi connectivity index (χ0n) is 7.64. The van der Waals surface area contributed by atoms with E-state index >= 15 is 0 Å². The second kappa shape index (κ2) is 9.52. The molecule has 0 aliphatic carbocycles. The highest BCUT2D eigenvalue weighted by Gasteiger charge is 2.35. The molecular weight excluding hydrogens is 255 g/mol. The summed E-state index contributed by atoms with van der Waals surface area (Å²) in [6, 6.07) is -2.59. The molecule has 13 heavy (non-hydrogen) atoms. The topological polar surface area (TPSA) is 49.7 Å². The van der Waals surface area contributed by atoms with Crippen molar-refractivity contribution >= 4 is 39.2 Å². The highest BCUT2D eigenvalue weighted by Crippen LogP contribution is 2.27. The van der Waals surface area contributed by atoms with Crippen molar-refractivity contribution in [3.63, 3.8) is 0 Å². The van der Waals surface area contributed by atoms with E-state index in [2.05, 4.69) is 0 Å². The van der Waals surface area contributed by atoms with Crippen molar-refractivity contribution in [3.05, 3.63) is 0 Å². The van der Waals surface area contributed by atoms with Gasteiger partial charge in [0.1, 0.15) is 0 Å². The molecule has 0 radical (unpaired) electrons. The Bertz CT molecular complexity index is 104. The van der Waals surface area contributed by atoms with Gasteiger partial charge >= 0.3 is 6.00 Å². The fraction of sp³-hybridized carbons (Fsp3) is 1.00. The van der Waals surface area contributed by atoms with Crippen LogP contribution in [0.15, 0.2) is 0 Å². The minimum atomic E-state index is -2.59. The van der Waals surface area contributed by atoms with Gasteiger partial charge in [-0.2, -0.15) is 0 Å². The summed E-state index contributed by atoms with van der Waals surface area (Å²) >= 11 is 16.9. The van der Waals surface area contributed by atoms with Gasteiger partial charge in [-0.15, -0.1) is 33.2 Å². The smallest absolute Gasteiger partial charge is 0.369 e. The second-order valence-electron chi connectivity index (χ2n) is 2.12. The van der Waals surface area contributed by atoms with E-state index in [-0.39, 0.29) is 18.9 Å². The van der Waals surface area contributed by atoms with E-state index in [9.17, 15) is 0 Å². The Hall–Kier alpha value is 0.967. The number of ether oxygens (including phenoxy) is 1. The average Bonchev–Trinajstić information content (AvgIpc) is 2.05. The van der Waals surface area contributed by atoms with Crippen LogP contribution in [0.5, 0.6) is 0 Å². The molecule has 0 bridgehead atoms. The van der Waals surface area contributed by atoms with Crippen molar-refractivity contribution in [1.29, 1.82) is 0 Å². The monoisotopic (exact) mass is 268 g/mol. The molecule has 82 valence electrons. The van der Waals surface area contributed by atoms with Crippen molar-refractivity contribution in [1.82, 2.24) is 0 Å². The maximum Gasteiger partial charge on any atom is 0.369 e. The molecule has 0 aromatic heterocycles. The van der Waals surface area contributed by atoms with Crippen LogP contribution in [0.2, 0.25) is 0 Å². The summed E-state index contributed by atoms with van der Waals surface area (Å²) in [5.74, 6) is 0. The third-order valence-electron chi connectivity index (χ3n) is 1.12. The largest absolute Gasteiger partial charge is 0.394 e. The van der Waals surface area contributed by atoms with Crippen LogP contribution in [0, 0.1) is 0 Å². The van der Waals surface area contributed by atoms with E-state index in [1.54, 1.807) is 7.11 Å². The van der Waals surface area contributed by atoms with Gasteiger partial charge in [0.25, 0.3) is 0 Å². The second-order valence-corrected chi connectivity index (χ2v) is 11.0. The van der Waals surface area contributed by atoms with E-state index in [1.165, 1.54) is 0 Å². The van der Waals surface area contributed by atoms with E-state index in [0.29, 0.717) is 0 Å². The summed E-state index contributed by atoms with van der Waals surface area (Å²) in [4.78, 5) is 0. The summed E-state index contributed by atoms with van der Waals surface area (Å²) in [5, 5.41) is 15.2.